The zero-order valence-electron chi connectivity index (χ0n) is 9.84. The number of hydrogen-bond donors (Lipinski definition) is 1. The molecule has 0 spiro atoms. The van der Waals surface area contributed by atoms with E-state index >= 15 is 0 Å². The number of nitrogens with two attached hydrogens (primary N) is 1. The van der Waals surface area contributed by atoms with Gasteiger partial charge in [0.15, 0.2) is 0 Å². The first-order valence-corrected chi connectivity index (χ1v) is 6.66. The van der Waals surface area contributed by atoms with Crippen molar-refractivity contribution < 1.29 is 0 Å². The van der Waals surface area contributed by atoms with E-state index in [9.17, 15) is 0 Å². The molecule has 2 aromatic rings. The van der Waals surface area contributed by atoms with E-state index in [1.807, 2.05) is 6.07 Å². The number of fused-ring (bicyclic) bond motifs is 1. The summed E-state index contributed by atoms with van der Waals surface area (Å²) in [5.74, 6) is 0.509. The number of nitrogens with zero attached hydrogens (tertiary/aromatic N) is 3. The zero-order valence-corrected chi connectivity index (χ0v) is 10.7. The summed E-state index contributed by atoms with van der Waals surface area (Å²) in [6.45, 7) is 2.07. The van der Waals surface area contributed by atoms with Gasteiger partial charge in [-0.2, -0.15) is 0 Å². The molecule has 2 heterocycles. The predicted molar refractivity (Wildman–Crippen MR) is 70.2 cm³/mol. The molecule has 0 radical (unpaired) electrons. The van der Waals surface area contributed by atoms with Gasteiger partial charge in [-0.3, -0.25) is 0 Å². The number of likely N-dealkylation sites (tertiary alicyclic amines) is 1. The fourth-order valence-electron chi connectivity index (χ4n) is 2.74. The molecule has 90 valence electrons. The molecule has 2 unspecified atom stereocenters. The van der Waals surface area contributed by atoms with Gasteiger partial charge >= 0.3 is 0 Å². The van der Waals surface area contributed by atoms with Crippen LogP contribution in [0.3, 0.4) is 0 Å². The van der Waals surface area contributed by atoms with Gasteiger partial charge in [-0.05, 0) is 42.5 Å². The Morgan fingerprint density at radius 3 is 3.12 bits per heavy atom. The van der Waals surface area contributed by atoms with Gasteiger partial charge in [0.1, 0.15) is 5.52 Å². The molecular formula is C12H16N4S. The summed E-state index contributed by atoms with van der Waals surface area (Å²) >= 11 is 1.49. The van der Waals surface area contributed by atoms with Crippen LogP contribution in [0.2, 0.25) is 0 Å². The smallest absolute Gasteiger partial charge is 0.106 e. The number of piperidine rings is 1. The molecule has 5 heteroatoms. The Labute approximate surface area is 105 Å². The Balaban J connectivity index is 2.00. The van der Waals surface area contributed by atoms with Crippen LogP contribution in [0.25, 0.3) is 10.2 Å². The second kappa shape index (κ2) is 4.33. The van der Waals surface area contributed by atoms with Crippen LogP contribution in [0.5, 0.6) is 0 Å². The van der Waals surface area contributed by atoms with Crippen molar-refractivity contribution in [2.45, 2.75) is 18.4 Å². The maximum atomic E-state index is 6.10. The molecule has 1 fully saturated rings. The maximum Gasteiger partial charge on any atom is 0.106 e. The normalized spacial score (nSPS) is 26.5. The number of aromatic nitrogens is 2. The highest BCUT2D eigenvalue weighted by atomic mass is 32.1. The van der Waals surface area contributed by atoms with Crippen molar-refractivity contribution >= 4 is 21.7 Å². The van der Waals surface area contributed by atoms with Gasteiger partial charge in [0.05, 0.1) is 4.70 Å². The standard InChI is InChI=1S/C12H16N4S/c1-16-6-8(5-9(13)7-16)10-3-2-4-11-12(10)17-15-14-11/h2-4,8-9H,5-7,13H2,1H3. The molecule has 0 saturated carbocycles. The van der Waals surface area contributed by atoms with Gasteiger partial charge < -0.3 is 10.6 Å². The topological polar surface area (TPSA) is 55.0 Å². The fourth-order valence-corrected chi connectivity index (χ4v) is 3.49. The van der Waals surface area contributed by atoms with Gasteiger partial charge in [0.25, 0.3) is 0 Å². The highest BCUT2D eigenvalue weighted by Gasteiger charge is 2.25. The molecule has 1 aliphatic heterocycles. The van der Waals surface area contributed by atoms with Crippen LogP contribution in [0.1, 0.15) is 17.9 Å². The fraction of sp³-hybridized carbons (Fsp3) is 0.500. The number of likely N-dealkylation sites (N-methyl/N-ethyl adjacent to an activating group) is 1. The van der Waals surface area contributed by atoms with Crippen molar-refractivity contribution in [2.24, 2.45) is 5.73 Å². The largest absolute Gasteiger partial charge is 0.327 e. The minimum atomic E-state index is 0.273. The summed E-state index contributed by atoms with van der Waals surface area (Å²) < 4.78 is 5.26. The third-order valence-electron chi connectivity index (χ3n) is 3.41. The van der Waals surface area contributed by atoms with Gasteiger partial charge in [0, 0.05) is 19.1 Å². The number of rotatable bonds is 1. The molecule has 2 atom stereocenters. The highest BCUT2D eigenvalue weighted by Crippen LogP contribution is 2.32. The van der Waals surface area contributed by atoms with Crippen LogP contribution >= 0.6 is 11.5 Å². The minimum Gasteiger partial charge on any atom is -0.327 e. The van der Waals surface area contributed by atoms with Crippen molar-refractivity contribution in [1.82, 2.24) is 14.5 Å². The van der Waals surface area contributed by atoms with E-state index in [4.69, 9.17) is 5.73 Å². The number of hydrogen-bond acceptors (Lipinski definition) is 5. The molecule has 3 rings (SSSR count). The molecule has 1 aliphatic rings. The van der Waals surface area contributed by atoms with Gasteiger partial charge in [-0.1, -0.05) is 16.6 Å². The van der Waals surface area contributed by atoms with Crippen LogP contribution in [-0.4, -0.2) is 40.7 Å². The van der Waals surface area contributed by atoms with Crippen molar-refractivity contribution in [3.8, 4) is 0 Å². The average Bonchev–Trinajstić information content (AvgIpc) is 2.75. The third-order valence-corrected chi connectivity index (χ3v) is 4.20. The van der Waals surface area contributed by atoms with Crippen LogP contribution in [0.15, 0.2) is 18.2 Å². The van der Waals surface area contributed by atoms with E-state index in [0.717, 1.165) is 25.0 Å². The summed E-state index contributed by atoms with van der Waals surface area (Å²) in [6, 6.07) is 6.56. The Hall–Kier alpha value is -1.04. The van der Waals surface area contributed by atoms with Crippen molar-refractivity contribution in [3.05, 3.63) is 23.8 Å². The van der Waals surface area contributed by atoms with E-state index in [1.54, 1.807) is 0 Å². The summed E-state index contributed by atoms with van der Waals surface area (Å²) in [7, 11) is 2.14. The summed E-state index contributed by atoms with van der Waals surface area (Å²) in [5.41, 5.74) is 8.47. The molecule has 1 saturated heterocycles. The second-order valence-electron chi connectivity index (χ2n) is 4.88. The lowest BCUT2D eigenvalue weighted by Crippen LogP contribution is -2.44. The van der Waals surface area contributed by atoms with E-state index in [-0.39, 0.29) is 6.04 Å². The van der Waals surface area contributed by atoms with Crippen LogP contribution in [0.4, 0.5) is 0 Å². The lowest BCUT2D eigenvalue weighted by atomic mass is 9.88. The lowest BCUT2D eigenvalue weighted by molar-refractivity contribution is 0.228. The van der Waals surface area contributed by atoms with E-state index in [2.05, 4.69) is 33.7 Å². The van der Waals surface area contributed by atoms with Crippen LogP contribution in [-0.2, 0) is 0 Å². The molecule has 1 aromatic heterocycles. The monoisotopic (exact) mass is 248 g/mol. The molecule has 4 nitrogen and oxygen atoms in total. The second-order valence-corrected chi connectivity index (χ2v) is 5.64. The Morgan fingerprint density at radius 1 is 1.41 bits per heavy atom. The predicted octanol–water partition coefficient (Wildman–Crippen LogP) is 1.44. The molecule has 0 aliphatic carbocycles. The highest BCUT2D eigenvalue weighted by molar-refractivity contribution is 7.13. The number of benzene rings is 1. The summed E-state index contributed by atoms with van der Waals surface area (Å²) in [5, 5.41) is 4.14. The van der Waals surface area contributed by atoms with Gasteiger partial charge in [0.2, 0.25) is 0 Å². The van der Waals surface area contributed by atoms with Crippen LogP contribution < -0.4 is 5.73 Å². The van der Waals surface area contributed by atoms with E-state index < -0.39 is 0 Å². The first-order valence-electron chi connectivity index (χ1n) is 5.89. The Kier molecular flexibility index (Phi) is 2.82. The maximum absolute atomic E-state index is 6.10. The van der Waals surface area contributed by atoms with Crippen molar-refractivity contribution in [1.29, 1.82) is 0 Å². The summed E-state index contributed by atoms with van der Waals surface area (Å²) in [6.07, 6.45) is 1.06. The quantitative estimate of drug-likeness (QED) is 0.829. The first-order chi connectivity index (χ1) is 8.24. The van der Waals surface area contributed by atoms with Gasteiger partial charge in [-0.25, -0.2) is 0 Å². The summed E-state index contributed by atoms with van der Waals surface area (Å²) in [4.78, 5) is 2.31. The SMILES string of the molecule is CN1CC(N)CC(c2cccc3nnsc23)C1. The van der Waals surface area contributed by atoms with E-state index in [0.29, 0.717) is 5.92 Å². The Bertz CT molecular complexity index is 514. The molecular weight excluding hydrogens is 232 g/mol. The molecule has 2 N–H and O–H groups in total. The minimum absolute atomic E-state index is 0.273. The molecule has 1 aromatic carbocycles. The van der Waals surface area contributed by atoms with E-state index in [1.165, 1.54) is 21.8 Å². The molecule has 0 amide bonds. The van der Waals surface area contributed by atoms with Crippen molar-refractivity contribution in [3.63, 3.8) is 0 Å². The molecule has 0 bridgehead atoms. The lowest BCUT2D eigenvalue weighted by Gasteiger charge is -2.34. The molecule has 17 heavy (non-hydrogen) atoms. The first kappa shape index (κ1) is 11.1. The Morgan fingerprint density at radius 2 is 2.29 bits per heavy atom. The third kappa shape index (κ3) is 2.06. The van der Waals surface area contributed by atoms with Crippen LogP contribution in [0, 0.1) is 0 Å². The average molecular weight is 248 g/mol. The zero-order chi connectivity index (χ0) is 11.8. The van der Waals surface area contributed by atoms with Crippen molar-refractivity contribution in [2.75, 3.05) is 20.1 Å². The van der Waals surface area contributed by atoms with Gasteiger partial charge in [-0.15, -0.1) is 5.10 Å².